The second kappa shape index (κ2) is 7.39. The van der Waals surface area contributed by atoms with Crippen LogP contribution in [0.1, 0.15) is 5.56 Å². The summed E-state index contributed by atoms with van der Waals surface area (Å²) in [5.41, 5.74) is 0.450. The Morgan fingerprint density at radius 3 is 2.43 bits per heavy atom. The molecule has 2 N–H and O–H groups in total. The summed E-state index contributed by atoms with van der Waals surface area (Å²) in [6.45, 7) is -0.451. The van der Waals surface area contributed by atoms with E-state index in [9.17, 15) is 23.1 Å². The van der Waals surface area contributed by atoms with Gasteiger partial charge in [0.25, 0.3) is 10.0 Å². The van der Waals surface area contributed by atoms with E-state index in [0.29, 0.717) is 11.3 Å². The Hall–Kier alpha value is -3.27. The van der Waals surface area contributed by atoms with Gasteiger partial charge in [0.15, 0.2) is 0 Å². The number of rotatable bonds is 6. The first-order chi connectivity index (χ1) is 13.2. The molecule has 148 valence electrons. The Kier molecular flexibility index (Phi) is 5.14. The van der Waals surface area contributed by atoms with E-state index in [1.54, 1.807) is 0 Å². The maximum Gasteiger partial charge on any atom is 0.346 e. The Morgan fingerprint density at radius 1 is 1.18 bits per heavy atom. The summed E-state index contributed by atoms with van der Waals surface area (Å²) < 4.78 is 37.7. The van der Waals surface area contributed by atoms with E-state index in [0.717, 1.165) is 4.31 Å². The van der Waals surface area contributed by atoms with Crippen molar-refractivity contribution >= 4 is 27.6 Å². The Balaban J connectivity index is 2.09. The molecule has 3 rings (SSSR count). The van der Waals surface area contributed by atoms with Gasteiger partial charge in [0.1, 0.15) is 11.5 Å². The summed E-state index contributed by atoms with van der Waals surface area (Å²) in [6, 6.07) is 9.85. The Labute approximate surface area is 160 Å². The highest BCUT2D eigenvalue weighted by Crippen LogP contribution is 2.38. The minimum Gasteiger partial charge on any atom is -0.497 e. The summed E-state index contributed by atoms with van der Waals surface area (Å²) in [5, 5.41) is 18.3. The van der Waals surface area contributed by atoms with E-state index in [4.69, 9.17) is 14.6 Å². The predicted molar refractivity (Wildman–Crippen MR) is 97.4 cm³/mol. The molecule has 0 spiro atoms. The monoisotopic (exact) mass is 407 g/mol. The van der Waals surface area contributed by atoms with Gasteiger partial charge in [-0.15, -0.1) is 0 Å². The first kappa shape index (κ1) is 19.5. The van der Waals surface area contributed by atoms with Crippen LogP contribution < -0.4 is 13.8 Å². The highest BCUT2D eigenvalue weighted by Gasteiger charge is 2.37. The topological polar surface area (TPSA) is 130 Å². The third-order valence-corrected chi connectivity index (χ3v) is 5.97. The maximum atomic E-state index is 13.2. The molecule has 1 aliphatic rings. The molecule has 0 aliphatic carbocycles. The fraction of sp³-hybridized carbons (Fsp3) is 0.222. The van der Waals surface area contributed by atoms with Crippen molar-refractivity contribution in [2.24, 2.45) is 0 Å². The number of nitrogens with zero attached hydrogens (tertiary/aromatic N) is 1. The van der Waals surface area contributed by atoms with Gasteiger partial charge in [-0.05, 0) is 42.0 Å². The molecule has 1 heterocycles. The number of hydrogen-bond acceptors (Lipinski definition) is 6. The van der Waals surface area contributed by atoms with Gasteiger partial charge < -0.3 is 19.7 Å². The molecule has 0 unspecified atom stereocenters. The molecule has 1 atom stereocenters. The molecule has 28 heavy (non-hydrogen) atoms. The summed E-state index contributed by atoms with van der Waals surface area (Å²) >= 11 is 0. The van der Waals surface area contributed by atoms with Crippen LogP contribution in [0.15, 0.2) is 47.4 Å². The van der Waals surface area contributed by atoms with Crippen LogP contribution in [-0.2, 0) is 26.0 Å². The maximum absolute atomic E-state index is 13.2. The lowest BCUT2D eigenvalue weighted by Crippen LogP contribution is -2.47. The first-order valence-electron chi connectivity index (χ1n) is 8.13. The van der Waals surface area contributed by atoms with Gasteiger partial charge in [0, 0.05) is 0 Å². The number of sulfonamides is 1. The number of ether oxygens (including phenoxy) is 2. The normalized spacial score (nSPS) is 16.0. The van der Waals surface area contributed by atoms with Crippen LogP contribution in [-0.4, -0.2) is 50.3 Å². The second-order valence-corrected chi connectivity index (χ2v) is 7.89. The average molecular weight is 407 g/mol. The van der Waals surface area contributed by atoms with Crippen LogP contribution in [0.2, 0.25) is 0 Å². The van der Waals surface area contributed by atoms with Crippen LogP contribution in [0.25, 0.3) is 0 Å². The number of carboxylic acids is 2. The van der Waals surface area contributed by atoms with Gasteiger partial charge in [-0.2, -0.15) is 0 Å². The number of benzene rings is 2. The van der Waals surface area contributed by atoms with E-state index in [1.807, 2.05) is 0 Å². The number of methoxy groups -OCH3 is 1. The molecule has 0 saturated carbocycles. The van der Waals surface area contributed by atoms with Crippen LogP contribution in [0, 0.1) is 0 Å². The minimum atomic E-state index is -4.13. The van der Waals surface area contributed by atoms with Crippen molar-refractivity contribution in [3.63, 3.8) is 0 Å². The number of anilines is 1. The highest BCUT2D eigenvalue weighted by molar-refractivity contribution is 7.92. The largest absolute Gasteiger partial charge is 0.497 e. The van der Waals surface area contributed by atoms with E-state index in [-0.39, 0.29) is 22.8 Å². The predicted octanol–water partition coefficient (Wildman–Crippen LogP) is 1.36. The minimum absolute atomic E-state index is 0.0462. The molecule has 0 bridgehead atoms. The van der Waals surface area contributed by atoms with Gasteiger partial charge >= 0.3 is 11.9 Å². The molecule has 2 aromatic rings. The lowest BCUT2D eigenvalue weighted by molar-refractivity contribution is -0.144. The van der Waals surface area contributed by atoms with Crippen molar-refractivity contribution in [3.05, 3.63) is 48.0 Å². The molecular weight excluding hydrogens is 390 g/mol. The molecule has 0 amide bonds. The second-order valence-electron chi connectivity index (χ2n) is 6.03. The quantitative estimate of drug-likeness (QED) is 0.734. The van der Waals surface area contributed by atoms with Crippen molar-refractivity contribution in [1.82, 2.24) is 0 Å². The molecule has 0 aromatic heterocycles. The zero-order chi connectivity index (χ0) is 20.5. The SMILES string of the molecule is COc1ccc(S(=O)(=O)N2C[C@@H](C(=O)O)Oc3ccc(CC(=O)O)cc32)cc1. The van der Waals surface area contributed by atoms with Crippen LogP contribution in [0.4, 0.5) is 5.69 Å². The fourth-order valence-electron chi connectivity index (χ4n) is 2.81. The summed E-state index contributed by atoms with van der Waals surface area (Å²) in [4.78, 5) is 22.4. The summed E-state index contributed by atoms with van der Waals surface area (Å²) in [6.07, 6.45) is -1.71. The Bertz CT molecular complexity index is 1020. The lowest BCUT2D eigenvalue weighted by Gasteiger charge is -2.34. The van der Waals surface area contributed by atoms with Gasteiger partial charge in [-0.25, -0.2) is 13.2 Å². The lowest BCUT2D eigenvalue weighted by atomic mass is 10.1. The van der Waals surface area contributed by atoms with Crippen molar-refractivity contribution in [1.29, 1.82) is 0 Å². The van der Waals surface area contributed by atoms with E-state index in [2.05, 4.69) is 0 Å². The van der Waals surface area contributed by atoms with Crippen molar-refractivity contribution in [2.75, 3.05) is 18.0 Å². The molecule has 1 aliphatic heterocycles. The summed E-state index contributed by atoms with van der Waals surface area (Å²) in [5.74, 6) is -1.88. The van der Waals surface area contributed by atoms with Gasteiger partial charge in [-0.3, -0.25) is 9.10 Å². The molecule has 2 aromatic carbocycles. The smallest absolute Gasteiger partial charge is 0.346 e. The third kappa shape index (κ3) is 3.72. The molecule has 0 saturated heterocycles. The van der Waals surface area contributed by atoms with Crippen molar-refractivity contribution in [2.45, 2.75) is 17.4 Å². The zero-order valence-corrected chi connectivity index (χ0v) is 15.5. The Morgan fingerprint density at radius 2 is 1.86 bits per heavy atom. The van der Waals surface area contributed by atoms with Crippen LogP contribution >= 0.6 is 0 Å². The van der Waals surface area contributed by atoms with Gasteiger partial charge in [0.05, 0.1) is 30.7 Å². The zero-order valence-electron chi connectivity index (χ0n) is 14.7. The number of carbonyl (C=O) groups is 2. The number of hydrogen-bond donors (Lipinski definition) is 2. The van der Waals surface area contributed by atoms with Crippen molar-refractivity contribution in [3.8, 4) is 11.5 Å². The molecular formula is C18H17NO8S. The average Bonchev–Trinajstić information content (AvgIpc) is 2.66. The third-order valence-electron chi connectivity index (χ3n) is 4.17. The highest BCUT2D eigenvalue weighted by atomic mass is 32.2. The molecule has 9 nitrogen and oxygen atoms in total. The van der Waals surface area contributed by atoms with E-state index < -0.39 is 34.6 Å². The van der Waals surface area contributed by atoms with Crippen LogP contribution in [0.3, 0.4) is 0 Å². The van der Waals surface area contributed by atoms with E-state index >= 15 is 0 Å². The standard InChI is InChI=1S/C18H17NO8S/c1-26-12-3-5-13(6-4-12)28(24,25)19-10-16(18(22)23)27-15-7-2-11(8-14(15)19)9-17(20)21/h2-8,16H,9-10H2,1H3,(H,20,21)(H,22,23)/t16-/m0/s1. The number of aliphatic carboxylic acids is 2. The molecule has 0 fully saturated rings. The fourth-order valence-corrected chi connectivity index (χ4v) is 4.28. The van der Waals surface area contributed by atoms with Gasteiger partial charge in [0.2, 0.25) is 6.10 Å². The molecule has 0 radical (unpaired) electrons. The molecule has 10 heteroatoms. The number of carboxylic acid groups (broad SMARTS) is 2. The summed E-state index contributed by atoms with van der Waals surface area (Å²) in [7, 11) is -2.68. The number of fused-ring (bicyclic) bond motifs is 1. The van der Waals surface area contributed by atoms with Crippen molar-refractivity contribution < 1.29 is 37.7 Å². The van der Waals surface area contributed by atoms with E-state index in [1.165, 1.54) is 49.6 Å². The van der Waals surface area contributed by atoms with Gasteiger partial charge in [-0.1, -0.05) is 6.07 Å². The van der Waals surface area contributed by atoms with Crippen LogP contribution in [0.5, 0.6) is 11.5 Å². The first-order valence-corrected chi connectivity index (χ1v) is 9.57.